The number of nitrogens with two attached hydrogens (primary N) is 1. The van der Waals surface area contributed by atoms with Crippen molar-refractivity contribution in [2.45, 2.75) is 23.8 Å². The molecule has 2 rings (SSSR count). The standard InChI is InChI=1S/C19H23Cl2NO6P2/c1-3-26-30(25,27-4-2)19(20,21)17(28-18(22)23)29(24,15-11-7-5-8-12-15)16-13-9-6-10-14-16/h5-14,17H,3-4H2,1-2H3,(H2,22,23). The van der Waals surface area contributed by atoms with Crippen LogP contribution in [0.1, 0.15) is 13.8 Å². The summed E-state index contributed by atoms with van der Waals surface area (Å²) in [5, 5.41) is 0.542. The first kappa shape index (κ1) is 24.9. The largest absolute Gasteiger partial charge is 0.434 e. The topological polar surface area (TPSA) is 105 Å². The van der Waals surface area contributed by atoms with Crippen LogP contribution in [0, 0.1) is 0 Å². The van der Waals surface area contributed by atoms with Crippen molar-refractivity contribution in [1.82, 2.24) is 0 Å². The van der Waals surface area contributed by atoms with Crippen LogP contribution in [0.5, 0.6) is 0 Å². The van der Waals surface area contributed by atoms with E-state index in [1.54, 1.807) is 74.5 Å². The molecular formula is C19H23Cl2NO6P2. The lowest BCUT2D eigenvalue weighted by Crippen LogP contribution is -2.43. The Balaban J connectivity index is 2.82. The molecule has 2 aromatic rings. The zero-order chi connectivity index (χ0) is 22.4. The molecule has 2 N–H and O–H groups in total. The van der Waals surface area contributed by atoms with E-state index in [1.165, 1.54) is 0 Å². The van der Waals surface area contributed by atoms with Gasteiger partial charge in [-0.3, -0.25) is 4.57 Å². The Bertz CT molecular complexity index is 889. The fourth-order valence-corrected chi connectivity index (χ4v) is 9.47. The van der Waals surface area contributed by atoms with Crippen molar-refractivity contribution >= 4 is 54.6 Å². The normalized spacial score (nSPS) is 13.6. The van der Waals surface area contributed by atoms with Gasteiger partial charge in [0, 0.05) is 10.6 Å². The summed E-state index contributed by atoms with van der Waals surface area (Å²) in [6, 6.07) is 16.3. The van der Waals surface area contributed by atoms with Crippen molar-refractivity contribution in [2.24, 2.45) is 5.73 Å². The SMILES string of the molecule is CCOP(=O)(OCC)C(Cl)(Cl)C(OC(N)=O)P(=O)(c1ccccc1)c1ccccc1. The van der Waals surface area contributed by atoms with E-state index in [1.807, 2.05) is 0 Å². The van der Waals surface area contributed by atoms with E-state index in [9.17, 15) is 13.9 Å². The van der Waals surface area contributed by atoms with Crippen LogP contribution in [-0.4, -0.2) is 29.2 Å². The molecule has 164 valence electrons. The average Bonchev–Trinajstić information content (AvgIpc) is 2.73. The summed E-state index contributed by atoms with van der Waals surface area (Å²) in [5.74, 6) is -1.86. The van der Waals surface area contributed by atoms with Gasteiger partial charge in [-0.15, -0.1) is 0 Å². The number of carbonyl (C=O) groups excluding carboxylic acids is 1. The minimum absolute atomic E-state index is 0.0667. The van der Waals surface area contributed by atoms with Crippen LogP contribution in [0.2, 0.25) is 0 Å². The number of halogens is 2. The zero-order valence-corrected chi connectivity index (χ0v) is 19.7. The molecule has 0 saturated carbocycles. The molecule has 7 nitrogen and oxygen atoms in total. The second-order valence-electron chi connectivity index (χ2n) is 6.04. The van der Waals surface area contributed by atoms with E-state index in [-0.39, 0.29) is 23.8 Å². The van der Waals surface area contributed by atoms with E-state index in [0.717, 1.165) is 0 Å². The van der Waals surface area contributed by atoms with Crippen LogP contribution in [0.15, 0.2) is 60.7 Å². The molecule has 30 heavy (non-hydrogen) atoms. The summed E-state index contributed by atoms with van der Waals surface area (Å²) in [7, 11) is -8.32. The molecule has 0 aliphatic heterocycles. The van der Waals surface area contributed by atoms with Crippen molar-refractivity contribution < 1.29 is 27.7 Å². The molecule has 0 fully saturated rings. The Morgan fingerprint density at radius 2 is 1.33 bits per heavy atom. The third-order valence-corrected chi connectivity index (χ3v) is 11.7. The van der Waals surface area contributed by atoms with Gasteiger partial charge in [-0.2, -0.15) is 0 Å². The van der Waals surface area contributed by atoms with Crippen molar-refractivity contribution in [1.29, 1.82) is 0 Å². The number of hydrogen-bond donors (Lipinski definition) is 1. The molecule has 0 heterocycles. The Morgan fingerprint density at radius 1 is 0.933 bits per heavy atom. The second-order valence-corrected chi connectivity index (χ2v) is 13.0. The minimum Gasteiger partial charge on any atom is -0.434 e. The van der Waals surface area contributed by atoms with E-state index in [2.05, 4.69) is 0 Å². The summed E-state index contributed by atoms with van der Waals surface area (Å²) in [6.45, 7) is 2.99. The van der Waals surface area contributed by atoms with Crippen molar-refractivity contribution in [3.63, 3.8) is 0 Å². The van der Waals surface area contributed by atoms with Gasteiger partial charge in [-0.25, -0.2) is 4.79 Å². The van der Waals surface area contributed by atoms with E-state index in [0.29, 0.717) is 0 Å². The lowest BCUT2D eigenvalue weighted by molar-refractivity contribution is 0.133. The summed E-state index contributed by atoms with van der Waals surface area (Å²) in [6.07, 6.45) is -1.29. The molecule has 1 atom stereocenters. The molecule has 11 heteroatoms. The molecule has 0 saturated heterocycles. The Labute approximate surface area is 185 Å². The summed E-state index contributed by atoms with van der Waals surface area (Å²) in [5.41, 5.74) is 5.26. The molecule has 0 radical (unpaired) electrons. The molecule has 0 aromatic heterocycles. The summed E-state index contributed by atoms with van der Waals surface area (Å²) < 4.78 is 41.4. The number of alkyl halides is 2. The van der Waals surface area contributed by atoms with E-state index >= 15 is 0 Å². The Morgan fingerprint density at radius 3 is 1.67 bits per heavy atom. The van der Waals surface area contributed by atoms with Gasteiger partial charge in [0.15, 0.2) is 7.14 Å². The summed E-state index contributed by atoms with van der Waals surface area (Å²) in [4.78, 5) is 11.8. The highest BCUT2D eigenvalue weighted by molar-refractivity contribution is 7.80. The highest BCUT2D eigenvalue weighted by atomic mass is 35.5. The van der Waals surface area contributed by atoms with Crippen LogP contribution in [0.25, 0.3) is 0 Å². The maximum Gasteiger partial charge on any atom is 0.405 e. The molecule has 0 bridgehead atoms. The molecular weight excluding hydrogens is 471 g/mol. The van der Waals surface area contributed by atoms with Gasteiger partial charge >= 0.3 is 13.7 Å². The summed E-state index contributed by atoms with van der Waals surface area (Å²) >= 11 is 13.1. The molecule has 1 amide bonds. The fraction of sp³-hybridized carbons (Fsp3) is 0.316. The molecule has 0 aliphatic carbocycles. The number of rotatable bonds is 10. The number of carbonyl (C=O) groups is 1. The van der Waals surface area contributed by atoms with Crippen LogP contribution < -0.4 is 16.3 Å². The maximum atomic E-state index is 14.6. The number of amides is 1. The first-order valence-corrected chi connectivity index (χ1v) is 13.1. The van der Waals surface area contributed by atoms with Gasteiger partial charge in [-0.1, -0.05) is 83.9 Å². The third-order valence-electron chi connectivity index (χ3n) is 4.10. The van der Waals surface area contributed by atoms with E-state index in [4.69, 9.17) is 42.7 Å². The molecule has 0 aliphatic rings. The predicted octanol–water partition coefficient (Wildman–Crippen LogP) is 4.82. The smallest absolute Gasteiger partial charge is 0.405 e. The lowest BCUT2D eigenvalue weighted by Gasteiger charge is -2.38. The zero-order valence-electron chi connectivity index (χ0n) is 16.4. The maximum absolute atomic E-state index is 14.6. The van der Waals surface area contributed by atoms with Crippen molar-refractivity contribution in [3.8, 4) is 0 Å². The minimum atomic E-state index is -4.35. The average molecular weight is 494 g/mol. The van der Waals surface area contributed by atoms with Gasteiger partial charge in [-0.05, 0) is 13.8 Å². The lowest BCUT2D eigenvalue weighted by atomic mass is 10.4. The van der Waals surface area contributed by atoms with E-state index < -0.39 is 30.8 Å². The highest BCUT2D eigenvalue weighted by Crippen LogP contribution is 2.72. The number of ether oxygens (including phenoxy) is 1. The van der Waals surface area contributed by atoms with Gasteiger partial charge < -0.3 is 24.1 Å². The first-order chi connectivity index (χ1) is 14.1. The molecule has 2 aromatic carbocycles. The van der Waals surface area contributed by atoms with Gasteiger partial charge in [0.05, 0.1) is 13.2 Å². The first-order valence-electron chi connectivity index (χ1n) is 9.07. The monoisotopic (exact) mass is 493 g/mol. The van der Waals surface area contributed by atoms with Gasteiger partial charge in [0.1, 0.15) is 0 Å². The fourth-order valence-electron chi connectivity index (χ4n) is 2.88. The van der Waals surface area contributed by atoms with Crippen molar-refractivity contribution in [2.75, 3.05) is 13.2 Å². The molecule has 1 unspecified atom stereocenters. The quantitative estimate of drug-likeness (QED) is 0.375. The van der Waals surface area contributed by atoms with Gasteiger partial charge in [0.25, 0.3) is 4.07 Å². The predicted molar refractivity (Wildman–Crippen MR) is 120 cm³/mol. The van der Waals surface area contributed by atoms with Gasteiger partial charge in [0.2, 0.25) is 5.85 Å². The third kappa shape index (κ3) is 4.94. The number of hydrogen-bond acceptors (Lipinski definition) is 6. The van der Waals surface area contributed by atoms with Crippen LogP contribution >= 0.6 is 37.9 Å². The van der Waals surface area contributed by atoms with Crippen LogP contribution in [0.3, 0.4) is 0 Å². The Hall–Kier alpha value is -1.33. The van der Waals surface area contributed by atoms with Crippen LogP contribution in [-0.2, 0) is 22.9 Å². The Kier molecular flexibility index (Phi) is 8.58. The molecule has 0 spiro atoms. The number of primary amides is 1. The van der Waals surface area contributed by atoms with Crippen LogP contribution in [0.4, 0.5) is 4.79 Å². The highest BCUT2D eigenvalue weighted by Gasteiger charge is 2.63. The second kappa shape index (κ2) is 10.3. The number of benzene rings is 2. The van der Waals surface area contributed by atoms with Crippen molar-refractivity contribution in [3.05, 3.63) is 60.7 Å².